The molecule has 1 aromatic carbocycles. The molecule has 0 aliphatic heterocycles. The molecule has 0 bridgehead atoms. The number of benzene rings is 1. The first-order valence-corrected chi connectivity index (χ1v) is 7.67. The summed E-state index contributed by atoms with van der Waals surface area (Å²) in [5.74, 6) is -0.158. The second-order valence-corrected chi connectivity index (χ2v) is 6.06. The number of nitrogens with one attached hydrogen (secondary N) is 1. The third-order valence-corrected chi connectivity index (χ3v) is 4.05. The van der Waals surface area contributed by atoms with Crippen molar-refractivity contribution in [3.8, 4) is 5.75 Å². The van der Waals surface area contributed by atoms with E-state index >= 15 is 0 Å². The van der Waals surface area contributed by atoms with Crippen LogP contribution < -0.4 is 10.1 Å². The van der Waals surface area contributed by atoms with Crippen LogP contribution in [0.5, 0.6) is 5.75 Å². The Morgan fingerprint density at radius 1 is 1.32 bits per heavy atom. The lowest BCUT2D eigenvalue weighted by Gasteiger charge is -2.13. The lowest BCUT2D eigenvalue weighted by Crippen LogP contribution is -2.37. The van der Waals surface area contributed by atoms with Crippen molar-refractivity contribution < 1.29 is 19.1 Å². The summed E-state index contributed by atoms with van der Waals surface area (Å²) in [5, 5.41) is 3.21. The number of esters is 1. The maximum atomic E-state index is 11.9. The standard InChI is InChI=1S/C15H17Cl2NO4/c1-8(9-3-4-9)18-13(19)7-22-15(20)10-5-11(16)14(21-2)12(17)6-10/h5-6,8-9H,3-4,7H2,1-2H3,(H,18,19)/t8-/m0/s1. The van der Waals surface area contributed by atoms with E-state index in [1.807, 2.05) is 6.92 Å². The molecule has 0 saturated heterocycles. The Balaban J connectivity index is 1.90. The number of carbonyl (C=O) groups is 2. The molecule has 1 N–H and O–H groups in total. The minimum absolute atomic E-state index is 0.107. The minimum atomic E-state index is -0.666. The van der Waals surface area contributed by atoms with Gasteiger partial charge in [0.15, 0.2) is 12.4 Å². The first-order valence-electron chi connectivity index (χ1n) is 6.92. The molecule has 22 heavy (non-hydrogen) atoms. The van der Waals surface area contributed by atoms with Crippen molar-refractivity contribution in [2.75, 3.05) is 13.7 Å². The maximum Gasteiger partial charge on any atom is 0.338 e. The normalized spacial score (nSPS) is 15.1. The Bertz CT molecular complexity index is 564. The fraction of sp³-hybridized carbons (Fsp3) is 0.467. The quantitative estimate of drug-likeness (QED) is 0.804. The minimum Gasteiger partial charge on any atom is -0.494 e. The van der Waals surface area contributed by atoms with Crippen molar-refractivity contribution in [3.63, 3.8) is 0 Å². The fourth-order valence-electron chi connectivity index (χ4n) is 2.10. The lowest BCUT2D eigenvalue weighted by molar-refractivity contribution is -0.124. The molecule has 1 fully saturated rings. The van der Waals surface area contributed by atoms with Crippen molar-refractivity contribution >= 4 is 35.1 Å². The largest absolute Gasteiger partial charge is 0.494 e. The zero-order chi connectivity index (χ0) is 16.3. The Kier molecular flexibility index (Phi) is 5.53. The molecular weight excluding hydrogens is 329 g/mol. The number of amides is 1. The molecule has 1 amide bonds. The average Bonchev–Trinajstić information content (AvgIpc) is 3.28. The van der Waals surface area contributed by atoms with Crippen LogP contribution in [-0.2, 0) is 9.53 Å². The number of methoxy groups -OCH3 is 1. The summed E-state index contributed by atoms with van der Waals surface area (Å²) in [7, 11) is 1.43. The van der Waals surface area contributed by atoms with Gasteiger partial charge in [-0.25, -0.2) is 4.79 Å². The van der Waals surface area contributed by atoms with Crippen molar-refractivity contribution in [3.05, 3.63) is 27.7 Å². The van der Waals surface area contributed by atoms with Crippen LogP contribution in [0.1, 0.15) is 30.1 Å². The highest BCUT2D eigenvalue weighted by atomic mass is 35.5. The van der Waals surface area contributed by atoms with Crippen LogP contribution in [0.25, 0.3) is 0 Å². The second kappa shape index (κ2) is 7.20. The highest BCUT2D eigenvalue weighted by Crippen LogP contribution is 2.34. The Labute approximate surface area is 138 Å². The molecule has 0 spiro atoms. The molecular formula is C15H17Cl2NO4. The van der Waals surface area contributed by atoms with E-state index in [2.05, 4.69) is 5.32 Å². The first kappa shape index (κ1) is 16.9. The topological polar surface area (TPSA) is 64.6 Å². The highest BCUT2D eigenvalue weighted by Gasteiger charge is 2.29. The molecule has 1 saturated carbocycles. The summed E-state index contributed by atoms with van der Waals surface area (Å²) >= 11 is 11.9. The number of hydrogen-bond acceptors (Lipinski definition) is 4. The maximum absolute atomic E-state index is 11.9. The molecule has 1 atom stereocenters. The third kappa shape index (κ3) is 4.27. The van der Waals surface area contributed by atoms with Crippen molar-refractivity contribution in [2.24, 2.45) is 5.92 Å². The molecule has 7 heteroatoms. The van der Waals surface area contributed by atoms with Crippen LogP contribution in [-0.4, -0.2) is 31.6 Å². The molecule has 1 aliphatic rings. The Morgan fingerprint density at radius 3 is 2.41 bits per heavy atom. The molecule has 120 valence electrons. The van der Waals surface area contributed by atoms with Crippen molar-refractivity contribution in [1.29, 1.82) is 0 Å². The summed E-state index contributed by atoms with van der Waals surface area (Å²) in [6.45, 7) is 1.61. The van der Waals surface area contributed by atoms with E-state index in [-0.39, 0.29) is 39.9 Å². The van der Waals surface area contributed by atoms with Gasteiger partial charge >= 0.3 is 5.97 Å². The number of carbonyl (C=O) groups excluding carboxylic acids is 2. The van der Waals surface area contributed by atoms with Gasteiger partial charge < -0.3 is 14.8 Å². The number of ether oxygens (including phenoxy) is 2. The van der Waals surface area contributed by atoms with Crippen LogP contribution in [0, 0.1) is 5.92 Å². The number of rotatable bonds is 6. The van der Waals surface area contributed by atoms with Gasteiger partial charge in [0.05, 0.1) is 22.7 Å². The molecule has 5 nitrogen and oxygen atoms in total. The molecule has 0 aromatic heterocycles. The van der Waals surface area contributed by atoms with Gasteiger partial charge in [-0.1, -0.05) is 23.2 Å². The van der Waals surface area contributed by atoms with Gasteiger partial charge in [-0.2, -0.15) is 0 Å². The predicted molar refractivity (Wildman–Crippen MR) is 83.6 cm³/mol. The smallest absolute Gasteiger partial charge is 0.338 e. The van der Waals surface area contributed by atoms with Crippen LogP contribution in [0.15, 0.2) is 12.1 Å². The second-order valence-electron chi connectivity index (χ2n) is 5.24. The van der Waals surface area contributed by atoms with E-state index < -0.39 is 5.97 Å². The first-order chi connectivity index (χ1) is 10.4. The van der Waals surface area contributed by atoms with E-state index in [0.717, 1.165) is 12.8 Å². The third-order valence-electron chi connectivity index (χ3n) is 3.49. The van der Waals surface area contributed by atoms with Crippen LogP contribution in [0.4, 0.5) is 0 Å². The average molecular weight is 346 g/mol. The van der Waals surface area contributed by atoms with Gasteiger partial charge in [0, 0.05) is 6.04 Å². The zero-order valence-corrected chi connectivity index (χ0v) is 13.8. The summed E-state index contributed by atoms with van der Waals surface area (Å²) in [4.78, 5) is 23.6. The molecule has 1 aromatic rings. The van der Waals surface area contributed by atoms with Gasteiger partial charge in [-0.15, -0.1) is 0 Å². The van der Waals surface area contributed by atoms with Gasteiger partial charge in [0.2, 0.25) is 0 Å². The SMILES string of the molecule is COc1c(Cl)cc(C(=O)OCC(=O)N[C@@H](C)C2CC2)cc1Cl. The van der Waals surface area contributed by atoms with Crippen LogP contribution in [0.3, 0.4) is 0 Å². The lowest BCUT2D eigenvalue weighted by atomic mass is 10.2. The van der Waals surface area contributed by atoms with Crippen LogP contribution in [0.2, 0.25) is 10.0 Å². The zero-order valence-electron chi connectivity index (χ0n) is 12.3. The van der Waals surface area contributed by atoms with E-state index in [0.29, 0.717) is 5.92 Å². The van der Waals surface area contributed by atoms with Crippen LogP contribution >= 0.6 is 23.2 Å². The van der Waals surface area contributed by atoms with Gasteiger partial charge in [-0.3, -0.25) is 4.79 Å². The molecule has 0 radical (unpaired) electrons. The fourth-order valence-corrected chi connectivity index (χ4v) is 2.74. The van der Waals surface area contributed by atoms with E-state index in [1.165, 1.54) is 19.2 Å². The molecule has 2 rings (SSSR count). The van der Waals surface area contributed by atoms with Crippen molar-refractivity contribution in [2.45, 2.75) is 25.8 Å². The van der Waals surface area contributed by atoms with Gasteiger partial charge in [-0.05, 0) is 37.8 Å². The van der Waals surface area contributed by atoms with Crippen molar-refractivity contribution in [1.82, 2.24) is 5.32 Å². The summed E-state index contributed by atoms with van der Waals surface area (Å²) in [6, 6.07) is 2.88. The van der Waals surface area contributed by atoms with E-state index in [1.54, 1.807) is 0 Å². The Morgan fingerprint density at radius 2 is 1.91 bits per heavy atom. The Hall–Kier alpha value is -1.46. The molecule has 0 unspecified atom stereocenters. The summed E-state index contributed by atoms with van der Waals surface area (Å²) in [6.07, 6.45) is 2.26. The predicted octanol–water partition coefficient (Wildman–Crippen LogP) is 3.07. The van der Waals surface area contributed by atoms with E-state index in [9.17, 15) is 9.59 Å². The van der Waals surface area contributed by atoms with E-state index in [4.69, 9.17) is 32.7 Å². The number of hydrogen-bond donors (Lipinski definition) is 1. The molecule has 0 heterocycles. The molecule has 1 aliphatic carbocycles. The number of halogens is 2. The summed E-state index contributed by atoms with van der Waals surface area (Å²) < 4.78 is 9.97. The highest BCUT2D eigenvalue weighted by molar-refractivity contribution is 6.37. The van der Waals surface area contributed by atoms with Gasteiger partial charge in [0.25, 0.3) is 5.91 Å². The van der Waals surface area contributed by atoms with Gasteiger partial charge in [0.1, 0.15) is 0 Å². The monoisotopic (exact) mass is 345 g/mol. The summed E-state index contributed by atoms with van der Waals surface area (Å²) in [5.41, 5.74) is 0.166.